The van der Waals surface area contributed by atoms with Crippen LogP contribution in [0.15, 0.2) is 297 Å². The number of hydrogen-bond acceptors (Lipinski definition) is 12. The lowest BCUT2D eigenvalue weighted by atomic mass is 9.98. The second-order valence-corrected chi connectivity index (χ2v) is 33.3. The Morgan fingerprint density at radius 1 is 0.327 bits per heavy atom. The van der Waals surface area contributed by atoms with Crippen LogP contribution in [0.5, 0.6) is 0 Å². The largest absolute Gasteiger partial charge is 0.518 e. The molecule has 0 fully saturated rings. The predicted octanol–water partition coefficient (Wildman–Crippen LogP) is 16.3. The van der Waals surface area contributed by atoms with E-state index in [2.05, 4.69) is 59.2 Å². The molecule has 3 aliphatic rings. The number of hydrogen-bond donors (Lipinski definition) is 4. The minimum atomic E-state index is -2.21. The van der Waals surface area contributed by atoms with Gasteiger partial charge in [-0.1, -0.05) is 297 Å². The molecule has 0 aromatic heterocycles. The molecule has 0 aliphatic heterocycles. The van der Waals surface area contributed by atoms with Crippen LogP contribution in [-0.4, -0.2) is 133 Å². The fourth-order valence-corrected chi connectivity index (χ4v) is 15.2. The van der Waals surface area contributed by atoms with Gasteiger partial charge in [0.2, 0.25) is 20.1 Å². The van der Waals surface area contributed by atoms with Crippen LogP contribution in [0.3, 0.4) is 0 Å². The highest BCUT2D eigenvalue weighted by atomic mass is 28.4. The summed E-state index contributed by atoms with van der Waals surface area (Å²) in [5.74, 6) is -4.03. The lowest BCUT2D eigenvalue weighted by molar-refractivity contribution is -0.142. The van der Waals surface area contributed by atoms with Crippen molar-refractivity contribution in [1.82, 2.24) is 25.3 Å². The Kier molecular flexibility index (Phi) is 26.6. The molecule has 0 heterocycles. The quantitative estimate of drug-likeness (QED) is 0.0276. The molecule has 4 N–H and O–H groups in total. The van der Waals surface area contributed by atoms with Gasteiger partial charge in [-0.3, -0.25) is 33.9 Å². The molecule has 0 saturated carbocycles. The molecule has 113 heavy (non-hydrogen) atoms. The van der Waals surface area contributed by atoms with E-state index in [1.54, 1.807) is 12.1 Å². The second-order valence-electron chi connectivity index (χ2n) is 28.8. The number of rotatable bonds is 27. The van der Waals surface area contributed by atoms with E-state index in [1.807, 2.05) is 256 Å². The standard InChI is InChI=1S/C36H38N2O5Si.C33H30N2O5.C24H21NO4/c1-44(2,3)43-35(40)33(22-26-14-6-4-7-15-26)37-34(39)24-38(23-27-16-8-5-9-17-27)36(41)42-25-32-30-20-12-10-18-28(30)29-19-11-13-21-31(29)32;36-31(34-30(32(37)38)19-23-11-3-1-4-12-23)21-35(20-24-13-5-2-6-14-24)33(39)40-22-29-27-17-9-7-15-25(27)26-16-8-10-18-28(26)29;26-23(27)15-25(14-17-8-2-1-3-9-17)24(28)29-16-22-20-12-6-4-10-18(20)19-11-5-7-13-21(19)22/h4-21,32-33H,22-25H2,1-3H3,(H,37,39);1-18,29-30H,19-22H2,(H,34,36)(H,37,38);1-13,22H,14-16H2,(H,26,27)/t33-;30-;/m00./s1. The van der Waals surface area contributed by atoms with Crippen molar-refractivity contribution in [3.8, 4) is 33.4 Å². The molecular weight excluding hydrogens is 1440 g/mol. The van der Waals surface area contributed by atoms with Gasteiger partial charge >= 0.3 is 36.2 Å². The molecule has 19 nitrogen and oxygen atoms in total. The van der Waals surface area contributed by atoms with Crippen molar-refractivity contribution in [3.05, 3.63) is 358 Å². The first-order chi connectivity index (χ1) is 54.8. The number of nitrogens with one attached hydrogen (secondary N) is 2. The number of carboxylic acid groups (broad SMARTS) is 2. The zero-order chi connectivity index (χ0) is 79.2. The van der Waals surface area contributed by atoms with E-state index in [9.17, 15) is 48.6 Å². The lowest BCUT2D eigenvalue weighted by Crippen LogP contribution is -2.50. The maximum atomic E-state index is 13.6. The average Bonchev–Trinajstić information content (AvgIpc) is 1.63. The van der Waals surface area contributed by atoms with Crippen LogP contribution < -0.4 is 10.6 Å². The van der Waals surface area contributed by atoms with Crippen LogP contribution >= 0.6 is 0 Å². The van der Waals surface area contributed by atoms with Gasteiger partial charge in [-0.05, 0) is 114 Å². The van der Waals surface area contributed by atoms with Gasteiger partial charge in [-0.25, -0.2) is 19.2 Å². The van der Waals surface area contributed by atoms with Crippen LogP contribution in [0, 0.1) is 0 Å². The molecule has 20 heteroatoms. The van der Waals surface area contributed by atoms with Gasteiger partial charge in [0, 0.05) is 50.2 Å². The van der Waals surface area contributed by atoms with Gasteiger partial charge in [-0.2, -0.15) is 0 Å². The molecule has 5 amide bonds. The molecule has 11 aromatic rings. The first-order valence-corrected chi connectivity index (χ1v) is 41.0. The number of nitrogens with zero attached hydrogens (tertiary/aromatic N) is 3. The number of ether oxygens (including phenoxy) is 3. The summed E-state index contributed by atoms with van der Waals surface area (Å²) in [5.41, 5.74) is 17.7. The Balaban J connectivity index is 0.000000160. The molecule has 2 atom stereocenters. The Labute approximate surface area is 658 Å². The number of carbonyl (C=O) groups excluding carboxylic acids is 6. The Morgan fingerprint density at radius 3 is 0.832 bits per heavy atom. The molecule has 11 aromatic carbocycles. The van der Waals surface area contributed by atoms with Gasteiger partial charge in [0.05, 0.1) is 0 Å². The van der Waals surface area contributed by atoms with Crippen molar-refractivity contribution >= 4 is 56.3 Å². The first-order valence-electron chi connectivity index (χ1n) is 37.6. The molecular formula is C93H89N5O14Si. The minimum absolute atomic E-state index is 0.0604. The summed E-state index contributed by atoms with van der Waals surface area (Å²) in [4.78, 5) is 106. The fraction of sp³-hybridized carbons (Fsp3) is 0.204. The van der Waals surface area contributed by atoms with Gasteiger partial charge in [0.25, 0.3) is 0 Å². The molecule has 0 unspecified atom stereocenters. The van der Waals surface area contributed by atoms with E-state index in [0.29, 0.717) is 0 Å². The van der Waals surface area contributed by atoms with E-state index < -0.39 is 74.9 Å². The summed E-state index contributed by atoms with van der Waals surface area (Å²) in [5, 5.41) is 24.3. The van der Waals surface area contributed by atoms with E-state index in [-0.39, 0.29) is 83.1 Å². The van der Waals surface area contributed by atoms with Gasteiger partial charge in [0.15, 0.2) is 0 Å². The van der Waals surface area contributed by atoms with E-state index in [0.717, 1.165) is 94.6 Å². The highest BCUT2D eigenvalue weighted by molar-refractivity contribution is 6.71. The third-order valence-corrected chi connectivity index (χ3v) is 20.5. The zero-order valence-electron chi connectivity index (χ0n) is 63.1. The maximum Gasteiger partial charge on any atom is 0.410 e. The number of carbonyl (C=O) groups is 8. The summed E-state index contributed by atoms with van der Waals surface area (Å²) in [6.45, 7) is 5.65. The third-order valence-electron chi connectivity index (χ3n) is 19.7. The van der Waals surface area contributed by atoms with Crippen molar-refractivity contribution in [2.24, 2.45) is 0 Å². The number of fused-ring (bicyclic) bond motifs is 9. The molecule has 3 aliphatic carbocycles. The first kappa shape index (κ1) is 79.4. The topological polar surface area (TPSA) is 248 Å². The molecule has 574 valence electrons. The summed E-state index contributed by atoms with van der Waals surface area (Å²) < 4.78 is 23.1. The van der Waals surface area contributed by atoms with Gasteiger partial charge in [-0.15, -0.1) is 0 Å². The molecule has 0 spiro atoms. The zero-order valence-corrected chi connectivity index (χ0v) is 64.1. The predicted molar refractivity (Wildman–Crippen MR) is 435 cm³/mol. The molecule has 14 rings (SSSR count). The Hall–Kier alpha value is -13.2. The number of aliphatic carboxylic acids is 2. The van der Waals surface area contributed by atoms with E-state index in [4.69, 9.17) is 18.6 Å². The van der Waals surface area contributed by atoms with Crippen molar-refractivity contribution < 1.29 is 67.2 Å². The Morgan fingerprint density at radius 2 is 0.566 bits per heavy atom. The van der Waals surface area contributed by atoms with Crippen LogP contribution in [0.1, 0.15) is 79.0 Å². The van der Waals surface area contributed by atoms with Gasteiger partial charge < -0.3 is 39.5 Å². The average molecular weight is 1530 g/mol. The monoisotopic (exact) mass is 1530 g/mol. The van der Waals surface area contributed by atoms with E-state index in [1.165, 1.54) is 14.7 Å². The van der Waals surface area contributed by atoms with Crippen LogP contribution in [-0.2, 0) is 75.1 Å². The minimum Gasteiger partial charge on any atom is -0.518 e. The molecule has 0 saturated heterocycles. The molecule has 0 radical (unpaired) electrons. The Bertz CT molecular complexity index is 4990. The van der Waals surface area contributed by atoms with Crippen LogP contribution in [0.25, 0.3) is 33.4 Å². The third kappa shape index (κ3) is 21.2. The van der Waals surface area contributed by atoms with Crippen LogP contribution in [0.2, 0.25) is 19.6 Å². The normalized spacial score (nSPS) is 12.6. The summed E-state index contributed by atoms with van der Waals surface area (Å²) >= 11 is 0. The molecule has 0 bridgehead atoms. The number of amides is 5. The summed E-state index contributed by atoms with van der Waals surface area (Å²) in [6, 6.07) is 93.2. The summed E-state index contributed by atoms with van der Waals surface area (Å²) in [7, 11) is -2.21. The van der Waals surface area contributed by atoms with Crippen molar-refractivity contribution in [2.75, 3.05) is 39.5 Å². The SMILES string of the molecule is C[Si](C)(C)OC(=O)[C@H](Cc1ccccc1)NC(=O)CN(Cc1ccccc1)C(=O)OCC1c2ccccc2-c2ccccc21.O=C(CN(Cc1ccccc1)C(=O)OCC1c2ccccc2-c2ccccc21)N[C@@H](Cc1ccccc1)C(=O)O.O=C(O)CN(Cc1ccccc1)C(=O)OCC1c2ccccc2-c2ccccc21. The second kappa shape index (κ2) is 37.9. The summed E-state index contributed by atoms with van der Waals surface area (Å²) in [6.07, 6.45) is -1.46. The van der Waals surface area contributed by atoms with Crippen molar-refractivity contribution in [2.45, 2.75) is 82.0 Å². The lowest BCUT2D eigenvalue weighted by Gasteiger charge is -2.26. The number of carboxylic acids is 2. The highest BCUT2D eigenvalue weighted by Gasteiger charge is 2.36. The maximum absolute atomic E-state index is 13.6. The van der Waals surface area contributed by atoms with Gasteiger partial charge in [0.1, 0.15) is 51.5 Å². The van der Waals surface area contributed by atoms with Crippen molar-refractivity contribution in [1.29, 1.82) is 0 Å². The van der Waals surface area contributed by atoms with Crippen molar-refractivity contribution in [3.63, 3.8) is 0 Å². The van der Waals surface area contributed by atoms with E-state index >= 15 is 0 Å². The van der Waals surface area contributed by atoms with Crippen LogP contribution in [0.4, 0.5) is 14.4 Å². The smallest absolute Gasteiger partial charge is 0.410 e. The highest BCUT2D eigenvalue weighted by Crippen LogP contribution is 2.47. The number of benzene rings is 11. The fourth-order valence-electron chi connectivity index (χ4n) is 14.5.